The van der Waals surface area contributed by atoms with E-state index in [0.717, 1.165) is 28.1 Å². The second-order valence-electron chi connectivity index (χ2n) is 6.32. The Balaban J connectivity index is 2.26. The number of nitrogens with one attached hydrogen (secondary N) is 1. The van der Waals surface area contributed by atoms with Crippen LogP contribution in [-0.2, 0) is 26.0 Å². The molecule has 1 amide bonds. The first kappa shape index (κ1) is 21.4. The van der Waals surface area contributed by atoms with E-state index in [0.29, 0.717) is 5.69 Å². The fourth-order valence-corrected chi connectivity index (χ4v) is 3.65. The molecular weight excluding hydrogens is 380 g/mol. The third kappa shape index (κ3) is 5.10. The van der Waals surface area contributed by atoms with Crippen molar-refractivity contribution in [2.45, 2.75) is 20.3 Å². The molecule has 0 spiro atoms. The lowest BCUT2D eigenvalue weighted by Gasteiger charge is -2.22. The summed E-state index contributed by atoms with van der Waals surface area (Å²) in [6.45, 7) is 3.48. The van der Waals surface area contributed by atoms with Crippen LogP contribution in [0.1, 0.15) is 28.4 Å². The van der Waals surface area contributed by atoms with E-state index in [2.05, 4.69) is 10.1 Å². The van der Waals surface area contributed by atoms with Gasteiger partial charge in [-0.3, -0.25) is 9.10 Å². The van der Waals surface area contributed by atoms with E-state index in [9.17, 15) is 18.0 Å². The Labute approximate surface area is 165 Å². The molecule has 2 aromatic rings. The van der Waals surface area contributed by atoms with Crippen molar-refractivity contribution in [3.8, 4) is 0 Å². The lowest BCUT2D eigenvalue weighted by molar-refractivity contribution is -0.114. The van der Waals surface area contributed by atoms with Gasteiger partial charge in [-0.25, -0.2) is 13.2 Å². The van der Waals surface area contributed by atoms with Crippen molar-refractivity contribution in [1.29, 1.82) is 0 Å². The van der Waals surface area contributed by atoms with Gasteiger partial charge in [-0.1, -0.05) is 25.1 Å². The summed E-state index contributed by atoms with van der Waals surface area (Å²) in [4.78, 5) is 24.1. The van der Waals surface area contributed by atoms with E-state index in [-0.39, 0.29) is 17.8 Å². The predicted molar refractivity (Wildman–Crippen MR) is 109 cm³/mol. The maximum Gasteiger partial charge on any atom is 0.337 e. The number of benzene rings is 2. The number of rotatable bonds is 7. The zero-order valence-corrected chi connectivity index (χ0v) is 17.2. The molecule has 0 bridgehead atoms. The molecule has 1 N–H and O–H groups in total. The summed E-state index contributed by atoms with van der Waals surface area (Å²) in [5.41, 5.74) is 3.15. The molecule has 0 aliphatic rings. The van der Waals surface area contributed by atoms with E-state index in [1.165, 1.54) is 31.4 Å². The maximum absolute atomic E-state index is 12.6. The molecule has 0 saturated heterocycles. The Morgan fingerprint density at radius 3 is 2.29 bits per heavy atom. The van der Waals surface area contributed by atoms with Crippen LogP contribution in [-0.4, -0.2) is 40.2 Å². The minimum atomic E-state index is -3.71. The number of carbonyl (C=O) groups is 2. The molecule has 0 radical (unpaired) electrons. The second kappa shape index (κ2) is 8.88. The zero-order valence-electron chi connectivity index (χ0n) is 16.4. The highest BCUT2D eigenvalue weighted by Crippen LogP contribution is 2.22. The molecule has 7 nitrogen and oxygen atoms in total. The van der Waals surface area contributed by atoms with Crippen molar-refractivity contribution in [3.05, 3.63) is 59.2 Å². The van der Waals surface area contributed by atoms with Crippen LogP contribution in [0.5, 0.6) is 0 Å². The normalized spacial score (nSPS) is 11.0. The molecule has 0 atom stereocenters. The number of nitrogens with zero attached hydrogens (tertiary/aromatic N) is 1. The zero-order chi connectivity index (χ0) is 20.9. The third-order valence-electron chi connectivity index (χ3n) is 4.27. The summed E-state index contributed by atoms with van der Waals surface area (Å²) in [6.07, 6.45) is 1.77. The summed E-state index contributed by atoms with van der Waals surface area (Å²) in [5.74, 6) is -0.978. The van der Waals surface area contributed by atoms with Crippen molar-refractivity contribution < 1.29 is 22.7 Å². The number of sulfonamides is 1. The largest absolute Gasteiger partial charge is 0.465 e. The van der Waals surface area contributed by atoms with E-state index >= 15 is 0 Å². The third-order valence-corrected chi connectivity index (χ3v) is 5.41. The maximum atomic E-state index is 12.6. The van der Waals surface area contributed by atoms with Crippen LogP contribution in [0.15, 0.2) is 42.5 Å². The fraction of sp³-hybridized carbons (Fsp3) is 0.300. The highest BCUT2D eigenvalue weighted by atomic mass is 32.2. The SMILES string of the molecule is CCc1cccc(C)c1NC(=O)CN(c1ccc(C(=O)OC)cc1)S(C)(=O)=O. The number of carbonyl (C=O) groups excluding carboxylic acids is 2. The van der Waals surface area contributed by atoms with Crippen molar-refractivity contribution in [2.24, 2.45) is 0 Å². The van der Waals surface area contributed by atoms with Crippen LogP contribution in [0.25, 0.3) is 0 Å². The smallest absolute Gasteiger partial charge is 0.337 e. The van der Waals surface area contributed by atoms with Crippen molar-refractivity contribution in [1.82, 2.24) is 0 Å². The number of anilines is 2. The molecule has 0 unspecified atom stereocenters. The van der Waals surface area contributed by atoms with Crippen molar-refractivity contribution in [2.75, 3.05) is 29.5 Å². The number of hydrogen-bond donors (Lipinski definition) is 1. The van der Waals surface area contributed by atoms with E-state index in [1.54, 1.807) is 0 Å². The molecule has 0 aliphatic carbocycles. The number of esters is 1. The molecule has 150 valence electrons. The topological polar surface area (TPSA) is 92.8 Å². The van der Waals surface area contributed by atoms with E-state index < -0.39 is 21.9 Å². The van der Waals surface area contributed by atoms with Gasteiger partial charge in [-0.15, -0.1) is 0 Å². The van der Waals surface area contributed by atoms with Gasteiger partial charge in [-0.05, 0) is 48.7 Å². The van der Waals surface area contributed by atoms with Crippen LogP contribution in [0, 0.1) is 6.92 Å². The summed E-state index contributed by atoms with van der Waals surface area (Å²) in [5, 5.41) is 2.82. The number of para-hydroxylation sites is 1. The monoisotopic (exact) mass is 404 g/mol. The average molecular weight is 404 g/mol. The number of ether oxygens (including phenoxy) is 1. The van der Waals surface area contributed by atoms with Crippen molar-refractivity contribution >= 4 is 33.3 Å². The van der Waals surface area contributed by atoms with Gasteiger partial charge >= 0.3 is 5.97 Å². The second-order valence-corrected chi connectivity index (χ2v) is 8.23. The van der Waals surface area contributed by atoms with Crippen LogP contribution in [0.3, 0.4) is 0 Å². The first-order valence-electron chi connectivity index (χ1n) is 8.71. The Kier molecular flexibility index (Phi) is 6.80. The number of amides is 1. The lowest BCUT2D eigenvalue weighted by atomic mass is 10.1. The summed E-state index contributed by atoms with van der Waals surface area (Å²) in [7, 11) is -2.45. The molecule has 0 aromatic heterocycles. The molecule has 2 rings (SSSR count). The standard InChI is InChI=1S/C20H24N2O5S/c1-5-15-8-6-7-14(2)19(15)21-18(23)13-22(28(4,25)26)17-11-9-16(10-12-17)20(24)27-3/h6-12H,5,13H2,1-4H3,(H,21,23). The summed E-state index contributed by atoms with van der Waals surface area (Å²) >= 11 is 0. The summed E-state index contributed by atoms with van der Waals surface area (Å²) in [6, 6.07) is 11.5. The van der Waals surface area contributed by atoms with Crippen LogP contribution in [0.2, 0.25) is 0 Å². The molecule has 0 aliphatic heterocycles. The van der Waals surface area contributed by atoms with Gasteiger partial charge in [0.1, 0.15) is 6.54 Å². The van der Waals surface area contributed by atoms with Crippen LogP contribution < -0.4 is 9.62 Å². The van der Waals surface area contributed by atoms with Gasteiger partial charge < -0.3 is 10.1 Å². The minimum Gasteiger partial charge on any atom is -0.465 e. The Hall–Kier alpha value is -2.87. The molecule has 0 heterocycles. The Morgan fingerprint density at radius 2 is 1.75 bits per heavy atom. The van der Waals surface area contributed by atoms with Gasteiger partial charge in [0.2, 0.25) is 15.9 Å². The summed E-state index contributed by atoms with van der Waals surface area (Å²) < 4.78 is 30.1. The van der Waals surface area contributed by atoms with Gasteiger partial charge in [0.25, 0.3) is 0 Å². The highest BCUT2D eigenvalue weighted by Gasteiger charge is 2.22. The number of methoxy groups -OCH3 is 1. The Bertz CT molecular complexity index is 969. The van der Waals surface area contributed by atoms with Gasteiger partial charge in [0.15, 0.2) is 0 Å². The molecule has 0 fully saturated rings. The molecule has 0 saturated carbocycles. The van der Waals surface area contributed by atoms with Gasteiger partial charge in [-0.2, -0.15) is 0 Å². The quantitative estimate of drug-likeness (QED) is 0.717. The molecular formula is C20H24N2O5S. The van der Waals surface area contributed by atoms with Crippen LogP contribution in [0.4, 0.5) is 11.4 Å². The molecule has 8 heteroatoms. The molecule has 28 heavy (non-hydrogen) atoms. The van der Waals surface area contributed by atoms with Crippen molar-refractivity contribution in [3.63, 3.8) is 0 Å². The predicted octanol–water partition coefficient (Wildman–Crippen LogP) is 2.75. The van der Waals surface area contributed by atoms with E-state index in [4.69, 9.17) is 0 Å². The lowest BCUT2D eigenvalue weighted by Crippen LogP contribution is -2.37. The van der Waals surface area contributed by atoms with Gasteiger partial charge in [0.05, 0.1) is 24.6 Å². The fourth-order valence-electron chi connectivity index (χ4n) is 2.79. The number of aryl methyl sites for hydroxylation is 2. The van der Waals surface area contributed by atoms with Gasteiger partial charge in [0, 0.05) is 5.69 Å². The van der Waals surface area contributed by atoms with E-state index in [1.807, 2.05) is 32.0 Å². The van der Waals surface area contributed by atoms with Crippen LogP contribution >= 0.6 is 0 Å². The first-order chi connectivity index (χ1) is 13.2. The Morgan fingerprint density at radius 1 is 1.11 bits per heavy atom. The average Bonchev–Trinajstić information content (AvgIpc) is 2.66. The first-order valence-corrected chi connectivity index (χ1v) is 10.6. The number of hydrogen-bond acceptors (Lipinski definition) is 5. The molecule has 2 aromatic carbocycles. The minimum absolute atomic E-state index is 0.283. The highest BCUT2D eigenvalue weighted by molar-refractivity contribution is 7.92.